The summed E-state index contributed by atoms with van der Waals surface area (Å²) in [6, 6.07) is 6.75. The van der Waals surface area contributed by atoms with E-state index in [0.717, 1.165) is 36.4 Å². The Labute approximate surface area is 331 Å². The molecule has 0 radical (unpaired) electrons. The van der Waals surface area contributed by atoms with Gasteiger partial charge in [0.05, 0.1) is 22.1 Å². The van der Waals surface area contributed by atoms with Crippen LogP contribution in [0.2, 0.25) is 0 Å². The van der Waals surface area contributed by atoms with Crippen LogP contribution in [0.15, 0.2) is 35.4 Å². The fourth-order valence-corrected chi connectivity index (χ4v) is 4.79. The van der Waals surface area contributed by atoms with Gasteiger partial charge in [-0.15, -0.1) is 0 Å². The van der Waals surface area contributed by atoms with Crippen LogP contribution in [0.25, 0.3) is 12.2 Å². The van der Waals surface area contributed by atoms with E-state index in [2.05, 4.69) is 0 Å². The summed E-state index contributed by atoms with van der Waals surface area (Å²) >= 11 is 0. The molecular weight excluding hydrogens is 768 g/mol. The molecule has 21 heteroatoms. The summed E-state index contributed by atoms with van der Waals surface area (Å²) in [4.78, 5) is 89.5. The number of nitrogens with zero attached hydrogens (tertiary/aromatic N) is 6. The third-order valence-electron chi connectivity index (χ3n) is 7.35. The maximum absolute atomic E-state index is 13.4. The van der Waals surface area contributed by atoms with Gasteiger partial charge in [0.25, 0.3) is 23.3 Å². The van der Waals surface area contributed by atoms with Crippen molar-refractivity contribution in [2.45, 2.75) is 67.6 Å². The summed E-state index contributed by atoms with van der Waals surface area (Å²) in [7, 11) is 0. The second-order valence-electron chi connectivity index (χ2n) is 12.0. The summed E-state index contributed by atoms with van der Waals surface area (Å²) in [5.74, 6) is -5.36. The van der Waals surface area contributed by atoms with Gasteiger partial charge in [0.15, 0.2) is 11.5 Å². The molecule has 0 bridgehead atoms. The Balaban J connectivity index is 2.85. The van der Waals surface area contributed by atoms with Gasteiger partial charge in [0.1, 0.15) is 23.3 Å². The van der Waals surface area contributed by atoms with Crippen LogP contribution < -0.4 is 18.9 Å². The highest BCUT2D eigenvalue weighted by molar-refractivity contribution is 6.02. The van der Waals surface area contributed by atoms with Crippen LogP contribution in [0.1, 0.15) is 66.5 Å². The van der Waals surface area contributed by atoms with Gasteiger partial charge in [0.2, 0.25) is 0 Å². The van der Waals surface area contributed by atoms with E-state index in [1.165, 1.54) is 37.5 Å². The molecule has 0 aliphatic rings. The van der Waals surface area contributed by atoms with Crippen LogP contribution >= 0.6 is 0 Å². The summed E-state index contributed by atoms with van der Waals surface area (Å²) in [6.45, 7) is 13.3. The van der Waals surface area contributed by atoms with Gasteiger partial charge in [-0.05, 0) is 90.8 Å². The third kappa shape index (κ3) is 12.8. The van der Waals surface area contributed by atoms with E-state index in [0.29, 0.717) is 0 Å². The summed E-state index contributed by atoms with van der Waals surface area (Å²) < 4.78 is 30.4. The van der Waals surface area contributed by atoms with Crippen LogP contribution in [0, 0.1) is 42.9 Å². The molecule has 0 fully saturated rings. The second-order valence-corrected chi connectivity index (χ2v) is 12.0. The predicted molar refractivity (Wildman–Crippen MR) is 200 cm³/mol. The number of carbonyl (C=O) groups excluding carboxylic acids is 5. The van der Waals surface area contributed by atoms with E-state index in [9.17, 15) is 54.7 Å². The number of benzene rings is 2. The fourth-order valence-electron chi connectivity index (χ4n) is 4.79. The molecule has 2 aromatic carbocycles. The monoisotopic (exact) mass is 808 g/mol. The van der Waals surface area contributed by atoms with E-state index < -0.39 is 97.9 Å². The zero-order valence-corrected chi connectivity index (χ0v) is 32.8. The highest BCUT2D eigenvalue weighted by Crippen LogP contribution is 2.42. The van der Waals surface area contributed by atoms with E-state index in [-0.39, 0.29) is 37.3 Å². The van der Waals surface area contributed by atoms with E-state index in [1.54, 1.807) is 39.8 Å². The predicted octanol–water partition coefficient (Wildman–Crippen LogP) is 6.48. The van der Waals surface area contributed by atoms with Crippen LogP contribution in [-0.2, 0) is 19.1 Å². The normalized spacial score (nSPS) is 11.1. The number of hydrogen-bond donors (Lipinski definition) is 0. The summed E-state index contributed by atoms with van der Waals surface area (Å²) in [6.07, 6.45) is -4.42. The lowest BCUT2D eigenvalue weighted by Crippen LogP contribution is -2.31. The van der Waals surface area contributed by atoms with Crippen molar-refractivity contribution in [3.8, 4) is 35.1 Å². The molecule has 2 rings (SSSR count). The molecule has 0 aromatic heterocycles. The van der Waals surface area contributed by atoms with E-state index in [4.69, 9.17) is 28.4 Å². The number of amides is 2. The van der Waals surface area contributed by atoms with Crippen molar-refractivity contribution in [1.29, 1.82) is 10.5 Å². The quantitative estimate of drug-likeness (QED) is 0.0438. The average Bonchev–Trinajstić information content (AvgIpc) is 3.14. The smallest absolute Gasteiger partial charge is 0.431 e. The first kappa shape index (κ1) is 46.6. The minimum absolute atomic E-state index is 0.222. The number of rotatable bonds is 16. The van der Waals surface area contributed by atoms with Gasteiger partial charge in [-0.2, -0.15) is 10.5 Å². The van der Waals surface area contributed by atoms with Gasteiger partial charge in [-0.1, -0.05) is 0 Å². The van der Waals surface area contributed by atoms with Crippen molar-refractivity contribution in [2.75, 3.05) is 26.2 Å². The summed E-state index contributed by atoms with van der Waals surface area (Å²) in [5.41, 5.74) is -3.58. The lowest BCUT2D eigenvalue weighted by molar-refractivity contribution is -0.386. The lowest BCUT2D eigenvalue weighted by Gasteiger charge is -2.18. The number of likely N-dealkylation sites (N-methyl/N-ethyl adjacent to an activating group) is 2. The highest BCUT2D eigenvalue weighted by atomic mass is 16.8. The van der Waals surface area contributed by atoms with Gasteiger partial charge in [-0.3, -0.25) is 29.8 Å². The number of carbonyl (C=O) groups is 5. The SMILES string of the molecule is CCN(CC)C(=O)C(C#N)=Cc1cc(OC(=O)OC(C)C)c(OC(=O)Oc2c(OC(=O)OC(C)C)cc(C=C(C#N)C(=O)N(CC)CC)cc2[N+](=O)[O-])c([N+](=O)[O-])c1. The Morgan fingerprint density at radius 3 is 1.21 bits per heavy atom. The molecule has 0 heterocycles. The summed E-state index contributed by atoms with van der Waals surface area (Å²) in [5, 5.41) is 44.1. The standard InChI is InChI=1S/C37H40N6O15/c1-9-40(10-2)33(44)25(19-38)13-23-15-27(42(49)50)31(29(17-23)55-35(46)53-21(5)6)57-37(48)58-32-28(43(51)52)16-24(18-30(32)56-36(47)54-22(7)8)14-26(20-39)34(45)41(11-3)12-4/h13-18,21-22H,9-12H2,1-8H3. The van der Waals surface area contributed by atoms with E-state index in [1.807, 2.05) is 0 Å². The Bertz CT molecular complexity index is 1940. The van der Waals surface area contributed by atoms with Crippen molar-refractivity contribution in [3.63, 3.8) is 0 Å². The van der Waals surface area contributed by atoms with Crippen molar-refractivity contribution in [3.05, 3.63) is 66.8 Å². The van der Waals surface area contributed by atoms with Crippen LogP contribution in [0.4, 0.5) is 25.8 Å². The van der Waals surface area contributed by atoms with Gasteiger partial charge in [0, 0.05) is 38.3 Å². The second kappa shape index (κ2) is 21.5. The Morgan fingerprint density at radius 2 is 0.948 bits per heavy atom. The molecular formula is C37H40N6O15. The maximum atomic E-state index is 13.4. The first-order valence-corrected chi connectivity index (χ1v) is 17.5. The van der Waals surface area contributed by atoms with E-state index >= 15 is 0 Å². The zero-order chi connectivity index (χ0) is 43.9. The van der Waals surface area contributed by atoms with Crippen molar-refractivity contribution in [1.82, 2.24) is 9.80 Å². The molecule has 0 aliphatic carbocycles. The number of nitro groups is 2. The zero-order valence-electron chi connectivity index (χ0n) is 32.8. The molecule has 0 spiro atoms. The topological polar surface area (TPSA) is 281 Å². The molecule has 21 nitrogen and oxygen atoms in total. The number of ether oxygens (including phenoxy) is 6. The van der Waals surface area contributed by atoms with Crippen molar-refractivity contribution < 1.29 is 62.2 Å². The van der Waals surface area contributed by atoms with Gasteiger partial charge in [-0.25, -0.2) is 14.4 Å². The molecule has 0 unspecified atom stereocenters. The maximum Gasteiger partial charge on any atom is 0.520 e. The van der Waals surface area contributed by atoms with Gasteiger partial charge < -0.3 is 38.2 Å². The number of nitro benzene ring substituents is 2. The molecule has 0 N–H and O–H groups in total. The molecule has 308 valence electrons. The minimum atomic E-state index is -1.94. The molecule has 0 aliphatic heterocycles. The molecule has 0 saturated heterocycles. The van der Waals surface area contributed by atoms with Gasteiger partial charge >= 0.3 is 29.8 Å². The third-order valence-corrected chi connectivity index (χ3v) is 7.35. The van der Waals surface area contributed by atoms with Crippen LogP contribution in [-0.4, -0.2) is 88.3 Å². The van der Waals surface area contributed by atoms with Crippen LogP contribution in [0.3, 0.4) is 0 Å². The Hall–Kier alpha value is -7.55. The largest absolute Gasteiger partial charge is 0.520 e. The molecule has 58 heavy (non-hydrogen) atoms. The minimum Gasteiger partial charge on any atom is -0.431 e. The fraction of sp³-hybridized carbons (Fsp3) is 0.378. The van der Waals surface area contributed by atoms with Crippen LogP contribution in [0.5, 0.6) is 23.0 Å². The molecule has 0 atom stereocenters. The number of nitriles is 2. The Kier molecular flexibility index (Phi) is 17.3. The first-order valence-electron chi connectivity index (χ1n) is 17.5. The lowest BCUT2D eigenvalue weighted by atomic mass is 10.1. The number of hydrogen-bond acceptors (Lipinski definition) is 17. The molecule has 0 saturated carbocycles. The van der Waals surface area contributed by atoms with Crippen molar-refractivity contribution >= 4 is 53.8 Å². The highest BCUT2D eigenvalue weighted by Gasteiger charge is 2.32. The Morgan fingerprint density at radius 1 is 0.621 bits per heavy atom. The molecule has 2 amide bonds. The molecule has 2 aromatic rings. The first-order chi connectivity index (χ1) is 27.3. The average molecular weight is 809 g/mol. The van der Waals surface area contributed by atoms with Crippen molar-refractivity contribution in [2.24, 2.45) is 0 Å².